The minimum atomic E-state index is -0.232. The molecule has 7 heteroatoms. The van der Waals surface area contributed by atoms with Gasteiger partial charge in [0.15, 0.2) is 0 Å². The van der Waals surface area contributed by atoms with Crippen LogP contribution in [0, 0.1) is 0 Å². The minimum Gasteiger partial charge on any atom is -0.390 e. The first-order valence-electron chi connectivity index (χ1n) is 5.95. The summed E-state index contributed by atoms with van der Waals surface area (Å²) in [5, 5.41) is 14.3. The number of rotatable bonds is 3. The van der Waals surface area contributed by atoms with E-state index >= 15 is 0 Å². The van der Waals surface area contributed by atoms with Crippen LogP contribution in [0.1, 0.15) is 17.6 Å². The Kier molecular flexibility index (Phi) is 2.89. The highest BCUT2D eigenvalue weighted by Gasteiger charge is 2.24. The molecule has 0 saturated carbocycles. The Morgan fingerprint density at radius 3 is 3.00 bits per heavy atom. The maximum Gasteiger partial charge on any atom is 0.275 e. The zero-order chi connectivity index (χ0) is 12.7. The Balaban J connectivity index is 1.91. The van der Waals surface area contributed by atoms with Crippen LogP contribution in [0.5, 0.6) is 0 Å². The summed E-state index contributed by atoms with van der Waals surface area (Å²) < 4.78 is 1.36. The summed E-state index contributed by atoms with van der Waals surface area (Å²) in [7, 11) is 0. The van der Waals surface area contributed by atoms with Gasteiger partial charge in [0.25, 0.3) is 5.56 Å². The second-order valence-electron chi connectivity index (χ2n) is 4.48. The molecule has 2 aromatic rings. The van der Waals surface area contributed by atoms with Crippen molar-refractivity contribution in [3.05, 3.63) is 27.1 Å². The first-order valence-corrected chi connectivity index (χ1v) is 6.76. The van der Waals surface area contributed by atoms with Gasteiger partial charge in [-0.15, -0.1) is 0 Å². The molecule has 1 aliphatic rings. The molecule has 18 heavy (non-hydrogen) atoms. The highest BCUT2D eigenvalue weighted by atomic mass is 32.1. The monoisotopic (exact) mass is 266 g/mol. The second-order valence-corrected chi connectivity index (χ2v) is 5.52. The van der Waals surface area contributed by atoms with Gasteiger partial charge in [0.1, 0.15) is 5.01 Å². The van der Waals surface area contributed by atoms with Gasteiger partial charge < -0.3 is 5.11 Å². The molecule has 3 rings (SSSR count). The average molecular weight is 266 g/mol. The molecule has 6 nitrogen and oxygen atoms in total. The number of β-amino-alcohol motifs (C(OH)–C–C–N with tert-alkyl or cyclic N) is 1. The lowest BCUT2D eigenvalue weighted by atomic mass is 10.1. The molecule has 1 aliphatic heterocycles. The van der Waals surface area contributed by atoms with Gasteiger partial charge in [0, 0.05) is 25.7 Å². The topological polar surface area (TPSA) is 70.7 Å². The Morgan fingerprint density at radius 1 is 1.56 bits per heavy atom. The number of fused-ring (bicyclic) bond motifs is 1. The van der Waals surface area contributed by atoms with Gasteiger partial charge >= 0.3 is 0 Å². The van der Waals surface area contributed by atoms with Crippen molar-refractivity contribution in [3.63, 3.8) is 0 Å². The molecular formula is C11H14N4O2S. The van der Waals surface area contributed by atoms with Gasteiger partial charge in [-0.3, -0.25) is 9.69 Å². The number of aliphatic hydroxyl groups excluding tert-OH is 1. The number of hydrogen-bond donors (Lipinski definition) is 1. The predicted molar refractivity (Wildman–Crippen MR) is 67.8 cm³/mol. The van der Waals surface area contributed by atoms with Crippen molar-refractivity contribution in [1.29, 1.82) is 0 Å². The van der Waals surface area contributed by atoms with Gasteiger partial charge in [-0.25, -0.2) is 4.98 Å². The minimum absolute atomic E-state index is 0.132. The number of hydrogen-bond acceptors (Lipinski definition) is 6. The average Bonchev–Trinajstić information content (AvgIpc) is 2.70. The quantitative estimate of drug-likeness (QED) is 0.839. The van der Waals surface area contributed by atoms with E-state index < -0.39 is 0 Å². The summed E-state index contributed by atoms with van der Waals surface area (Å²) in [5.74, 6) is 0. The Morgan fingerprint density at radius 2 is 2.33 bits per heavy atom. The van der Waals surface area contributed by atoms with Gasteiger partial charge in [-0.1, -0.05) is 18.3 Å². The lowest BCUT2D eigenvalue weighted by Gasteiger charge is -2.35. The molecular weight excluding hydrogens is 252 g/mol. The lowest BCUT2D eigenvalue weighted by Crippen LogP contribution is -2.50. The smallest absolute Gasteiger partial charge is 0.275 e. The van der Waals surface area contributed by atoms with Crippen LogP contribution in [0.2, 0.25) is 0 Å². The summed E-state index contributed by atoms with van der Waals surface area (Å²) in [4.78, 5) is 19.0. The summed E-state index contributed by atoms with van der Waals surface area (Å²) in [6.07, 6.45) is 0.575. The maximum atomic E-state index is 11.9. The standard InChI is InChI=1S/C11H14N4O2S/c1-2-9-13-15-10(17)3-7(12-11(15)18-9)4-14-5-8(16)6-14/h3,8,16H,2,4-6H2,1H3. The third kappa shape index (κ3) is 2.05. The van der Waals surface area contributed by atoms with Crippen molar-refractivity contribution >= 4 is 16.3 Å². The molecule has 0 radical (unpaired) electrons. The van der Waals surface area contributed by atoms with Crippen LogP contribution >= 0.6 is 11.3 Å². The van der Waals surface area contributed by atoms with Gasteiger partial charge in [-0.2, -0.15) is 9.61 Å². The van der Waals surface area contributed by atoms with Crippen LogP contribution in [0.4, 0.5) is 0 Å². The second kappa shape index (κ2) is 4.42. The van der Waals surface area contributed by atoms with E-state index in [1.54, 1.807) is 0 Å². The number of nitrogens with zero attached hydrogens (tertiary/aromatic N) is 4. The fraction of sp³-hybridized carbons (Fsp3) is 0.545. The zero-order valence-electron chi connectivity index (χ0n) is 10.0. The fourth-order valence-corrected chi connectivity index (χ4v) is 2.88. The first-order chi connectivity index (χ1) is 8.65. The molecule has 1 fully saturated rings. The normalized spacial score (nSPS) is 17.2. The summed E-state index contributed by atoms with van der Waals surface area (Å²) in [5.41, 5.74) is 0.616. The molecule has 0 spiro atoms. The molecule has 0 atom stereocenters. The maximum absolute atomic E-state index is 11.9. The first kappa shape index (κ1) is 11.8. The molecule has 0 bridgehead atoms. The van der Waals surface area contributed by atoms with Crippen LogP contribution in [0.25, 0.3) is 4.96 Å². The van der Waals surface area contributed by atoms with Crippen molar-refractivity contribution in [3.8, 4) is 0 Å². The number of aromatic nitrogens is 3. The fourth-order valence-electron chi connectivity index (χ4n) is 2.02. The highest BCUT2D eigenvalue weighted by molar-refractivity contribution is 7.16. The van der Waals surface area contributed by atoms with Crippen molar-refractivity contribution in [1.82, 2.24) is 19.5 Å². The van der Waals surface area contributed by atoms with Gasteiger partial charge in [0.2, 0.25) is 4.96 Å². The highest BCUT2D eigenvalue weighted by Crippen LogP contribution is 2.14. The van der Waals surface area contributed by atoms with E-state index in [0.29, 0.717) is 24.6 Å². The third-order valence-corrected chi connectivity index (χ3v) is 4.02. The molecule has 0 amide bonds. The molecule has 96 valence electrons. The van der Waals surface area contributed by atoms with E-state index in [1.165, 1.54) is 21.9 Å². The van der Waals surface area contributed by atoms with Crippen LogP contribution in [0.3, 0.4) is 0 Å². The summed E-state index contributed by atoms with van der Waals surface area (Å²) >= 11 is 1.45. The molecule has 0 aliphatic carbocycles. The molecule has 2 aromatic heterocycles. The van der Waals surface area contributed by atoms with E-state index in [9.17, 15) is 9.90 Å². The molecule has 3 heterocycles. The lowest BCUT2D eigenvalue weighted by molar-refractivity contribution is -0.00352. The number of aliphatic hydroxyl groups is 1. The molecule has 0 aromatic carbocycles. The van der Waals surface area contributed by atoms with Crippen molar-refractivity contribution in [2.45, 2.75) is 26.0 Å². The predicted octanol–water partition coefficient (Wildman–Crippen LogP) is -0.110. The van der Waals surface area contributed by atoms with Gasteiger partial charge in [-0.05, 0) is 6.42 Å². The molecule has 0 unspecified atom stereocenters. The van der Waals surface area contributed by atoms with E-state index in [2.05, 4.69) is 15.0 Å². The zero-order valence-corrected chi connectivity index (χ0v) is 10.9. The number of likely N-dealkylation sites (tertiary alicyclic amines) is 1. The van der Waals surface area contributed by atoms with Crippen LogP contribution in [-0.2, 0) is 13.0 Å². The van der Waals surface area contributed by atoms with E-state index in [-0.39, 0.29) is 11.7 Å². The Hall–Kier alpha value is -1.31. The largest absolute Gasteiger partial charge is 0.390 e. The van der Waals surface area contributed by atoms with Crippen LogP contribution in [0.15, 0.2) is 10.9 Å². The summed E-state index contributed by atoms with van der Waals surface area (Å²) in [6.45, 7) is 3.93. The van der Waals surface area contributed by atoms with Crippen LogP contribution in [-0.4, -0.2) is 43.8 Å². The van der Waals surface area contributed by atoms with E-state index in [4.69, 9.17) is 0 Å². The molecule has 1 saturated heterocycles. The van der Waals surface area contributed by atoms with E-state index in [1.807, 2.05) is 6.92 Å². The summed E-state index contributed by atoms with van der Waals surface area (Å²) in [6, 6.07) is 1.52. The molecule has 1 N–H and O–H groups in total. The van der Waals surface area contributed by atoms with Crippen molar-refractivity contribution in [2.24, 2.45) is 0 Å². The van der Waals surface area contributed by atoms with E-state index in [0.717, 1.165) is 17.1 Å². The third-order valence-electron chi connectivity index (χ3n) is 2.97. The van der Waals surface area contributed by atoms with Crippen molar-refractivity contribution < 1.29 is 5.11 Å². The van der Waals surface area contributed by atoms with Gasteiger partial charge in [0.05, 0.1) is 11.8 Å². The van der Waals surface area contributed by atoms with Crippen LogP contribution < -0.4 is 5.56 Å². The number of aryl methyl sites for hydroxylation is 1. The Bertz CT molecular complexity index is 629. The van der Waals surface area contributed by atoms with Crippen molar-refractivity contribution in [2.75, 3.05) is 13.1 Å². The SMILES string of the molecule is CCc1nn2c(=O)cc(CN3CC(O)C3)nc2s1. The Labute approximate surface area is 108 Å².